The summed E-state index contributed by atoms with van der Waals surface area (Å²) in [4.78, 5) is 2.35. The molecule has 0 spiro atoms. The maximum atomic E-state index is 3.47. The number of hydrogen-bond donors (Lipinski definition) is 1. The van der Waals surface area contributed by atoms with Gasteiger partial charge in [-0.3, -0.25) is 0 Å². The number of benzene rings is 1. The lowest BCUT2D eigenvalue weighted by Crippen LogP contribution is -2.38. The van der Waals surface area contributed by atoms with Crippen LogP contribution in [0.1, 0.15) is 31.4 Å². The zero-order valence-corrected chi connectivity index (χ0v) is 11.9. The molecule has 1 aromatic carbocycles. The van der Waals surface area contributed by atoms with E-state index in [1.54, 1.807) is 0 Å². The quantitative estimate of drug-likeness (QED) is 0.761. The Kier molecular flexibility index (Phi) is 5.49. The molecule has 0 amide bonds. The first-order valence-electron chi connectivity index (χ1n) is 6.56. The van der Waals surface area contributed by atoms with Gasteiger partial charge >= 0.3 is 0 Å². The second-order valence-corrected chi connectivity index (χ2v) is 5.01. The van der Waals surface area contributed by atoms with Gasteiger partial charge in [0.05, 0.1) is 0 Å². The van der Waals surface area contributed by atoms with Gasteiger partial charge in [0.25, 0.3) is 0 Å². The summed E-state index contributed by atoms with van der Waals surface area (Å²) in [6.07, 6.45) is 1.19. The number of likely N-dealkylation sites (N-methyl/N-ethyl adjacent to an activating group) is 1. The SMILES string of the molecule is CCCNCC(C)N(C)c1cc(C)cc(C)c1. The number of nitrogens with zero attached hydrogens (tertiary/aromatic N) is 1. The standard InChI is InChI=1S/C15H26N2/c1-6-7-16-11-14(4)17(5)15-9-12(2)8-13(3)10-15/h8-10,14,16H,6-7,11H2,1-5H3. The fourth-order valence-corrected chi connectivity index (χ4v) is 2.03. The average Bonchev–Trinajstić information content (AvgIpc) is 2.27. The minimum Gasteiger partial charge on any atom is -0.371 e. The summed E-state index contributed by atoms with van der Waals surface area (Å²) in [7, 11) is 2.17. The first-order valence-corrected chi connectivity index (χ1v) is 6.56. The normalized spacial score (nSPS) is 12.5. The second kappa shape index (κ2) is 6.65. The molecule has 1 atom stereocenters. The molecule has 0 radical (unpaired) electrons. The summed E-state index contributed by atoms with van der Waals surface area (Å²) < 4.78 is 0. The monoisotopic (exact) mass is 234 g/mol. The molecule has 2 heteroatoms. The van der Waals surface area contributed by atoms with Crippen molar-refractivity contribution in [3.8, 4) is 0 Å². The van der Waals surface area contributed by atoms with Crippen molar-refractivity contribution < 1.29 is 0 Å². The highest BCUT2D eigenvalue weighted by Gasteiger charge is 2.09. The molecule has 0 aliphatic heterocycles. The van der Waals surface area contributed by atoms with Crippen LogP contribution in [0.5, 0.6) is 0 Å². The Morgan fingerprint density at radius 3 is 2.29 bits per heavy atom. The van der Waals surface area contributed by atoms with Crippen LogP contribution in [0.3, 0.4) is 0 Å². The molecule has 1 unspecified atom stereocenters. The van der Waals surface area contributed by atoms with Crippen LogP contribution < -0.4 is 10.2 Å². The minimum absolute atomic E-state index is 0.516. The van der Waals surface area contributed by atoms with Gasteiger partial charge < -0.3 is 10.2 Å². The number of nitrogens with one attached hydrogen (secondary N) is 1. The van der Waals surface area contributed by atoms with Gasteiger partial charge in [0.15, 0.2) is 0 Å². The molecule has 0 bridgehead atoms. The molecule has 1 aromatic rings. The van der Waals surface area contributed by atoms with Gasteiger partial charge in [-0.1, -0.05) is 13.0 Å². The predicted molar refractivity (Wildman–Crippen MR) is 76.9 cm³/mol. The third-order valence-corrected chi connectivity index (χ3v) is 3.14. The summed E-state index contributed by atoms with van der Waals surface area (Å²) in [5.74, 6) is 0. The van der Waals surface area contributed by atoms with Crippen LogP contribution in [0.4, 0.5) is 5.69 Å². The molecule has 0 aromatic heterocycles. The highest BCUT2D eigenvalue weighted by atomic mass is 15.1. The Hall–Kier alpha value is -1.02. The Bertz CT molecular complexity index is 327. The Morgan fingerprint density at radius 2 is 1.76 bits per heavy atom. The van der Waals surface area contributed by atoms with Gasteiger partial charge in [0.2, 0.25) is 0 Å². The Morgan fingerprint density at radius 1 is 1.18 bits per heavy atom. The Balaban J connectivity index is 2.64. The van der Waals surface area contributed by atoms with Crippen LogP contribution in [-0.2, 0) is 0 Å². The topological polar surface area (TPSA) is 15.3 Å². The van der Waals surface area contributed by atoms with Crippen LogP contribution >= 0.6 is 0 Å². The number of anilines is 1. The van der Waals surface area contributed by atoms with Crippen molar-refractivity contribution in [3.63, 3.8) is 0 Å². The van der Waals surface area contributed by atoms with Crippen LogP contribution in [0.15, 0.2) is 18.2 Å². The first-order chi connectivity index (χ1) is 8.04. The summed E-state index contributed by atoms with van der Waals surface area (Å²) in [6, 6.07) is 7.24. The second-order valence-electron chi connectivity index (χ2n) is 5.01. The van der Waals surface area contributed by atoms with Crippen molar-refractivity contribution >= 4 is 5.69 Å². The maximum absolute atomic E-state index is 3.47. The van der Waals surface area contributed by atoms with E-state index < -0.39 is 0 Å². The summed E-state index contributed by atoms with van der Waals surface area (Å²) in [6.45, 7) is 10.9. The van der Waals surface area contributed by atoms with Crippen LogP contribution in [-0.4, -0.2) is 26.2 Å². The zero-order chi connectivity index (χ0) is 12.8. The molecule has 17 heavy (non-hydrogen) atoms. The summed E-state index contributed by atoms with van der Waals surface area (Å²) >= 11 is 0. The van der Waals surface area contributed by atoms with Gasteiger partial charge in [0.1, 0.15) is 0 Å². The smallest absolute Gasteiger partial charge is 0.0383 e. The van der Waals surface area contributed by atoms with E-state index in [0.29, 0.717) is 6.04 Å². The van der Waals surface area contributed by atoms with Gasteiger partial charge in [-0.25, -0.2) is 0 Å². The molecule has 0 heterocycles. The summed E-state index contributed by atoms with van der Waals surface area (Å²) in [5.41, 5.74) is 3.98. The van der Waals surface area contributed by atoms with Gasteiger partial charge in [-0.05, 0) is 57.0 Å². The third kappa shape index (κ3) is 4.39. The summed E-state index contributed by atoms with van der Waals surface area (Å²) in [5, 5.41) is 3.47. The largest absolute Gasteiger partial charge is 0.371 e. The average molecular weight is 234 g/mol. The molecule has 0 saturated heterocycles. The van der Waals surface area contributed by atoms with E-state index >= 15 is 0 Å². The maximum Gasteiger partial charge on any atom is 0.0383 e. The lowest BCUT2D eigenvalue weighted by atomic mass is 10.1. The van der Waals surface area contributed by atoms with Crippen molar-refractivity contribution in [1.29, 1.82) is 0 Å². The van der Waals surface area contributed by atoms with Crippen molar-refractivity contribution in [2.75, 3.05) is 25.0 Å². The fourth-order valence-electron chi connectivity index (χ4n) is 2.03. The predicted octanol–water partition coefficient (Wildman–Crippen LogP) is 3.13. The van der Waals surface area contributed by atoms with Crippen molar-refractivity contribution in [2.24, 2.45) is 0 Å². The van der Waals surface area contributed by atoms with Crippen LogP contribution in [0.25, 0.3) is 0 Å². The zero-order valence-electron chi connectivity index (χ0n) is 11.9. The van der Waals surface area contributed by atoms with Crippen molar-refractivity contribution in [1.82, 2.24) is 5.32 Å². The van der Waals surface area contributed by atoms with Gasteiger partial charge in [-0.2, -0.15) is 0 Å². The van der Waals surface area contributed by atoms with Crippen LogP contribution in [0, 0.1) is 13.8 Å². The lowest BCUT2D eigenvalue weighted by Gasteiger charge is -2.28. The molecular formula is C15H26N2. The molecule has 1 rings (SSSR count). The van der Waals surface area contributed by atoms with E-state index in [1.165, 1.54) is 23.2 Å². The lowest BCUT2D eigenvalue weighted by molar-refractivity contribution is 0.582. The molecule has 1 N–H and O–H groups in total. The Labute approximate surface area is 106 Å². The minimum atomic E-state index is 0.516. The molecule has 0 aliphatic carbocycles. The number of rotatable bonds is 6. The number of aryl methyl sites for hydroxylation is 2. The molecule has 2 nitrogen and oxygen atoms in total. The fraction of sp³-hybridized carbons (Fsp3) is 0.600. The van der Waals surface area contributed by atoms with Crippen molar-refractivity contribution in [2.45, 2.75) is 40.2 Å². The molecule has 96 valence electrons. The van der Waals surface area contributed by atoms with E-state index in [0.717, 1.165) is 13.1 Å². The highest BCUT2D eigenvalue weighted by molar-refractivity contribution is 5.51. The highest BCUT2D eigenvalue weighted by Crippen LogP contribution is 2.19. The molecular weight excluding hydrogens is 208 g/mol. The van der Waals surface area contributed by atoms with E-state index in [1.807, 2.05) is 0 Å². The van der Waals surface area contributed by atoms with Gasteiger partial charge in [0, 0.05) is 25.3 Å². The molecule has 0 saturated carbocycles. The third-order valence-electron chi connectivity index (χ3n) is 3.14. The number of hydrogen-bond acceptors (Lipinski definition) is 2. The van der Waals surface area contributed by atoms with Gasteiger partial charge in [-0.15, -0.1) is 0 Å². The molecule has 0 aliphatic rings. The molecule has 0 fully saturated rings. The van der Waals surface area contributed by atoms with E-state index in [9.17, 15) is 0 Å². The van der Waals surface area contributed by atoms with E-state index in [4.69, 9.17) is 0 Å². The van der Waals surface area contributed by atoms with E-state index in [-0.39, 0.29) is 0 Å². The van der Waals surface area contributed by atoms with Crippen LogP contribution in [0.2, 0.25) is 0 Å². The first kappa shape index (κ1) is 14.0. The van der Waals surface area contributed by atoms with E-state index in [2.05, 4.69) is 63.2 Å². The van der Waals surface area contributed by atoms with Crippen molar-refractivity contribution in [3.05, 3.63) is 29.3 Å².